The fourth-order valence-electron chi connectivity index (χ4n) is 3.96. The summed E-state index contributed by atoms with van der Waals surface area (Å²) in [5, 5.41) is 3.16. The molecule has 3 rings (SSSR count). The second-order valence-electron chi connectivity index (χ2n) is 8.89. The van der Waals surface area contributed by atoms with E-state index in [9.17, 15) is 9.59 Å². The summed E-state index contributed by atoms with van der Waals surface area (Å²) < 4.78 is 0. The van der Waals surface area contributed by atoms with Gasteiger partial charge in [0.05, 0.1) is 0 Å². The van der Waals surface area contributed by atoms with E-state index in [1.807, 2.05) is 34.1 Å². The maximum Gasteiger partial charge on any atom is 0.317 e. The molecule has 1 N–H and O–H groups in total. The van der Waals surface area contributed by atoms with Gasteiger partial charge in [0.1, 0.15) is 0 Å². The first kappa shape index (κ1) is 19.7. The molecule has 1 saturated heterocycles. The molecular formula is C22H33N3O2. The highest BCUT2D eigenvalue weighted by molar-refractivity contribution is 5.94. The van der Waals surface area contributed by atoms with Gasteiger partial charge in [-0.3, -0.25) is 4.79 Å². The molecule has 1 aliphatic heterocycles. The van der Waals surface area contributed by atoms with Crippen LogP contribution >= 0.6 is 0 Å². The first-order valence-corrected chi connectivity index (χ1v) is 10.3. The highest BCUT2D eigenvalue weighted by Crippen LogP contribution is 2.23. The quantitative estimate of drug-likeness (QED) is 0.860. The molecule has 2 aliphatic rings. The van der Waals surface area contributed by atoms with Crippen LogP contribution in [0, 0.1) is 0 Å². The summed E-state index contributed by atoms with van der Waals surface area (Å²) in [5.74, 6) is 0.0634. The van der Waals surface area contributed by atoms with Crippen molar-refractivity contribution in [1.82, 2.24) is 15.1 Å². The molecule has 0 unspecified atom stereocenters. The number of urea groups is 1. The van der Waals surface area contributed by atoms with Crippen molar-refractivity contribution in [3.63, 3.8) is 0 Å². The van der Waals surface area contributed by atoms with Gasteiger partial charge in [0.25, 0.3) is 5.91 Å². The SMILES string of the molecule is CC(C)(C)c1ccc(C(=O)N2CCCN(C(=O)NC3CCCC3)CC2)cc1. The molecule has 5 heteroatoms. The van der Waals surface area contributed by atoms with Crippen LogP contribution in [0.15, 0.2) is 24.3 Å². The van der Waals surface area contributed by atoms with E-state index in [4.69, 9.17) is 0 Å². The van der Waals surface area contributed by atoms with Gasteiger partial charge < -0.3 is 15.1 Å². The summed E-state index contributed by atoms with van der Waals surface area (Å²) in [5.41, 5.74) is 2.04. The molecule has 0 aromatic heterocycles. The molecule has 0 radical (unpaired) electrons. The molecule has 1 heterocycles. The van der Waals surface area contributed by atoms with E-state index in [-0.39, 0.29) is 17.4 Å². The van der Waals surface area contributed by atoms with Crippen LogP contribution in [-0.2, 0) is 5.41 Å². The molecule has 1 aromatic rings. The second-order valence-corrected chi connectivity index (χ2v) is 8.89. The van der Waals surface area contributed by atoms with Crippen molar-refractivity contribution < 1.29 is 9.59 Å². The Labute approximate surface area is 163 Å². The zero-order valence-corrected chi connectivity index (χ0v) is 17.0. The lowest BCUT2D eigenvalue weighted by Gasteiger charge is -2.24. The van der Waals surface area contributed by atoms with E-state index >= 15 is 0 Å². The van der Waals surface area contributed by atoms with Crippen molar-refractivity contribution in [2.75, 3.05) is 26.2 Å². The van der Waals surface area contributed by atoms with Crippen LogP contribution in [0.25, 0.3) is 0 Å². The maximum absolute atomic E-state index is 12.9. The summed E-state index contributed by atoms with van der Waals surface area (Å²) in [6, 6.07) is 8.32. The monoisotopic (exact) mass is 371 g/mol. The van der Waals surface area contributed by atoms with E-state index in [2.05, 4.69) is 26.1 Å². The standard InChI is InChI=1S/C22H33N3O2/c1-22(2,3)18-11-9-17(10-12-18)20(26)24-13-6-14-25(16-15-24)21(27)23-19-7-4-5-8-19/h9-12,19H,4-8,13-16H2,1-3H3,(H,23,27). The number of hydrogen-bond acceptors (Lipinski definition) is 2. The van der Waals surface area contributed by atoms with E-state index in [0.29, 0.717) is 32.2 Å². The van der Waals surface area contributed by atoms with E-state index in [1.54, 1.807) is 0 Å². The third-order valence-electron chi connectivity index (χ3n) is 5.75. The molecule has 5 nitrogen and oxygen atoms in total. The van der Waals surface area contributed by atoms with Gasteiger partial charge in [0.2, 0.25) is 0 Å². The number of amides is 3. The normalized spacial score (nSPS) is 19.1. The number of rotatable bonds is 2. The molecule has 1 saturated carbocycles. The minimum atomic E-state index is 0.0331. The molecule has 1 aromatic carbocycles. The molecule has 2 fully saturated rings. The molecule has 0 bridgehead atoms. The molecule has 148 valence electrons. The zero-order valence-electron chi connectivity index (χ0n) is 17.0. The summed E-state index contributed by atoms with van der Waals surface area (Å²) in [7, 11) is 0. The molecule has 27 heavy (non-hydrogen) atoms. The number of carbonyl (C=O) groups excluding carboxylic acids is 2. The molecule has 0 atom stereocenters. The van der Waals surface area contributed by atoms with Crippen molar-refractivity contribution in [1.29, 1.82) is 0 Å². The van der Waals surface area contributed by atoms with Crippen molar-refractivity contribution in [3.8, 4) is 0 Å². The second kappa shape index (κ2) is 8.32. The minimum Gasteiger partial charge on any atom is -0.337 e. The molecule has 3 amide bonds. The summed E-state index contributed by atoms with van der Waals surface area (Å²) in [6.45, 7) is 9.12. The Morgan fingerprint density at radius 1 is 0.889 bits per heavy atom. The zero-order chi connectivity index (χ0) is 19.4. The van der Waals surface area contributed by atoms with Crippen molar-refractivity contribution >= 4 is 11.9 Å². The van der Waals surface area contributed by atoms with Crippen molar-refractivity contribution in [2.45, 2.75) is 64.3 Å². The maximum atomic E-state index is 12.9. The van der Waals surface area contributed by atoms with E-state index < -0.39 is 0 Å². The van der Waals surface area contributed by atoms with Gasteiger partial charge in [-0.2, -0.15) is 0 Å². The van der Waals surface area contributed by atoms with Crippen LogP contribution in [0.3, 0.4) is 0 Å². The predicted molar refractivity (Wildman–Crippen MR) is 108 cm³/mol. The Hall–Kier alpha value is -2.04. The summed E-state index contributed by atoms with van der Waals surface area (Å²) in [4.78, 5) is 29.1. The summed E-state index contributed by atoms with van der Waals surface area (Å²) >= 11 is 0. The average Bonchev–Trinajstić information content (AvgIpc) is 3.01. The lowest BCUT2D eigenvalue weighted by molar-refractivity contribution is 0.0762. The van der Waals surface area contributed by atoms with Gasteiger partial charge in [0, 0.05) is 37.8 Å². The molecule has 1 aliphatic carbocycles. The fourth-order valence-corrected chi connectivity index (χ4v) is 3.96. The topological polar surface area (TPSA) is 52.7 Å². The number of hydrogen-bond donors (Lipinski definition) is 1. The van der Waals surface area contributed by atoms with Gasteiger partial charge in [-0.05, 0) is 42.4 Å². The van der Waals surface area contributed by atoms with Crippen LogP contribution in [0.5, 0.6) is 0 Å². The van der Waals surface area contributed by atoms with Crippen LogP contribution in [0.1, 0.15) is 68.8 Å². The van der Waals surface area contributed by atoms with Crippen LogP contribution in [0.2, 0.25) is 0 Å². The van der Waals surface area contributed by atoms with Crippen LogP contribution in [-0.4, -0.2) is 54.0 Å². The third-order valence-corrected chi connectivity index (χ3v) is 5.75. The predicted octanol–water partition coefficient (Wildman–Crippen LogP) is 3.78. The largest absolute Gasteiger partial charge is 0.337 e. The highest BCUT2D eigenvalue weighted by Gasteiger charge is 2.25. The molecule has 0 spiro atoms. The Morgan fingerprint density at radius 2 is 1.48 bits per heavy atom. The Balaban J connectivity index is 1.56. The van der Waals surface area contributed by atoms with Crippen LogP contribution in [0.4, 0.5) is 4.79 Å². The Bertz CT molecular complexity index is 657. The lowest BCUT2D eigenvalue weighted by atomic mass is 9.86. The lowest BCUT2D eigenvalue weighted by Crippen LogP contribution is -2.45. The molecular weight excluding hydrogens is 338 g/mol. The van der Waals surface area contributed by atoms with E-state index in [0.717, 1.165) is 24.8 Å². The fraction of sp³-hybridized carbons (Fsp3) is 0.636. The van der Waals surface area contributed by atoms with Gasteiger partial charge in [-0.15, -0.1) is 0 Å². The summed E-state index contributed by atoms with van der Waals surface area (Å²) in [6.07, 6.45) is 5.43. The van der Waals surface area contributed by atoms with Gasteiger partial charge in [-0.25, -0.2) is 4.79 Å². The van der Waals surface area contributed by atoms with Crippen LogP contribution < -0.4 is 5.32 Å². The Kier molecular flexibility index (Phi) is 6.08. The number of benzene rings is 1. The number of nitrogens with zero attached hydrogens (tertiary/aromatic N) is 2. The minimum absolute atomic E-state index is 0.0331. The van der Waals surface area contributed by atoms with Crippen molar-refractivity contribution in [2.24, 2.45) is 0 Å². The van der Waals surface area contributed by atoms with Gasteiger partial charge >= 0.3 is 6.03 Å². The average molecular weight is 372 g/mol. The number of carbonyl (C=O) groups is 2. The van der Waals surface area contributed by atoms with Crippen molar-refractivity contribution in [3.05, 3.63) is 35.4 Å². The first-order chi connectivity index (χ1) is 12.8. The van der Waals surface area contributed by atoms with E-state index in [1.165, 1.54) is 18.4 Å². The first-order valence-electron chi connectivity index (χ1n) is 10.3. The van der Waals surface area contributed by atoms with Gasteiger partial charge in [-0.1, -0.05) is 45.7 Å². The third kappa shape index (κ3) is 5.02. The smallest absolute Gasteiger partial charge is 0.317 e. The number of nitrogens with one attached hydrogen (secondary N) is 1. The highest BCUT2D eigenvalue weighted by atomic mass is 16.2. The Morgan fingerprint density at radius 3 is 2.11 bits per heavy atom. The van der Waals surface area contributed by atoms with Gasteiger partial charge in [0.15, 0.2) is 0 Å².